The van der Waals surface area contributed by atoms with E-state index >= 15 is 0 Å². The van der Waals surface area contributed by atoms with Crippen LogP contribution in [-0.2, 0) is 0 Å². The van der Waals surface area contributed by atoms with E-state index in [1.807, 2.05) is 19.1 Å². The summed E-state index contributed by atoms with van der Waals surface area (Å²) in [6.07, 6.45) is 0. The summed E-state index contributed by atoms with van der Waals surface area (Å²) in [5, 5.41) is 11.6. The van der Waals surface area contributed by atoms with Crippen LogP contribution in [0.5, 0.6) is 0 Å². The van der Waals surface area contributed by atoms with Gasteiger partial charge in [0.15, 0.2) is 0 Å². The lowest BCUT2D eigenvalue weighted by Crippen LogP contribution is -1.90. The van der Waals surface area contributed by atoms with Gasteiger partial charge in [-0.25, -0.2) is 0 Å². The lowest BCUT2D eigenvalue weighted by Gasteiger charge is -2.07. The molecule has 92 valence electrons. The Kier molecular flexibility index (Phi) is 3.89. The molecule has 0 spiro atoms. The Morgan fingerprint density at radius 2 is 1.89 bits per heavy atom. The van der Waals surface area contributed by atoms with E-state index in [0.29, 0.717) is 9.92 Å². The molecule has 0 radical (unpaired) electrons. The molecule has 0 aliphatic rings. The molecular formula is C13H10ClNO2S. The van der Waals surface area contributed by atoms with Crippen molar-refractivity contribution < 1.29 is 4.92 Å². The molecule has 18 heavy (non-hydrogen) atoms. The minimum absolute atomic E-state index is 0.0989. The molecule has 0 saturated heterocycles. The molecule has 0 aliphatic heterocycles. The summed E-state index contributed by atoms with van der Waals surface area (Å²) in [5.41, 5.74) is 1.10. The van der Waals surface area contributed by atoms with Gasteiger partial charge in [-0.15, -0.1) is 0 Å². The maximum absolute atomic E-state index is 10.9. The lowest BCUT2D eigenvalue weighted by molar-refractivity contribution is -0.387. The molecule has 0 heterocycles. The smallest absolute Gasteiger partial charge is 0.258 e. The van der Waals surface area contributed by atoms with E-state index in [0.717, 1.165) is 10.5 Å². The minimum Gasteiger partial charge on any atom is -0.258 e. The lowest BCUT2D eigenvalue weighted by atomic mass is 10.2. The zero-order valence-electron chi connectivity index (χ0n) is 9.59. The summed E-state index contributed by atoms with van der Waals surface area (Å²) in [4.78, 5) is 12.0. The summed E-state index contributed by atoms with van der Waals surface area (Å²) in [6.45, 7) is 1.93. The predicted octanol–water partition coefficient (Wildman–Crippen LogP) is 4.71. The molecule has 0 N–H and O–H groups in total. The van der Waals surface area contributed by atoms with Gasteiger partial charge in [-0.3, -0.25) is 10.1 Å². The summed E-state index contributed by atoms with van der Waals surface area (Å²) >= 11 is 7.44. The number of aryl methyl sites for hydroxylation is 1. The molecule has 3 nitrogen and oxygen atoms in total. The third-order valence-corrected chi connectivity index (χ3v) is 4.18. The molecule has 2 rings (SSSR count). The highest BCUT2D eigenvalue weighted by Crippen LogP contribution is 2.39. The predicted molar refractivity (Wildman–Crippen MR) is 73.4 cm³/mol. The molecule has 5 heteroatoms. The number of rotatable bonds is 3. The van der Waals surface area contributed by atoms with Crippen molar-refractivity contribution >= 4 is 29.1 Å². The van der Waals surface area contributed by atoms with Crippen LogP contribution in [0, 0.1) is 17.0 Å². The van der Waals surface area contributed by atoms with Crippen LogP contribution >= 0.6 is 23.4 Å². The fourth-order valence-corrected chi connectivity index (χ4v) is 2.90. The van der Waals surface area contributed by atoms with Crippen LogP contribution < -0.4 is 0 Å². The standard InChI is InChI=1S/C13H10ClNO2S/c1-9-5-4-6-10(14)13(9)18-12-8-3-2-7-11(12)15(16)17/h2-8H,1H3. The van der Waals surface area contributed by atoms with Crippen LogP contribution in [0.4, 0.5) is 5.69 Å². The number of hydrogen-bond acceptors (Lipinski definition) is 3. The Hall–Kier alpha value is -1.52. The Balaban J connectivity index is 2.43. The van der Waals surface area contributed by atoms with Gasteiger partial charge in [0.05, 0.1) is 14.8 Å². The Bertz CT molecular complexity index is 581. The van der Waals surface area contributed by atoms with E-state index < -0.39 is 0 Å². The van der Waals surface area contributed by atoms with Crippen molar-refractivity contribution in [2.24, 2.45) is 0 Å². The number of benzene rings is 2. The van der Waals surface area contributed by atoms with E-state index in [1.54, 1.807) is 24.3 Å². The molecule has 0 unspecified atom stereocenters. The number of nitro benzene ring substituents is 1. The normalized spacial score (nSPS) is 10.3. The largest absolute Gasteiger partial charge is 0.283 e. The van der Waals surface area contributed by atoms with Crippen molar-refractivity contribution in [1.82, 2.24) is 0 Å². The summed E-state index contributed by atoms with van der Waals surface area (Å²) in [6, 6.07) is 12.2. The summed E-state index contributed by atoms with van der Waals surface area (Å²) in [5.74, 6) is 0. The van der Waals surface area contributed by atoms with E-state index in [-0.39, 0.29) is 10.6 Å². The van der Waals surface area contributed by atoms with Crippen LogP contribution in [0.3, 0.4) is 0 Å². The third kappa shape index (κ3) is 2.66. The first-order chi connectivity index (χ1) is 8.59. The Labute approximate surface area is 114 Å². The molecule has 2 aromatic rings. The molecule has 0 aromatic heterocycles. The number of para-hydroxylation sites is 1. The van der Waals surface area contributed by atoms with Gasteiger partial charge in [0.2, 0.25) is 0 Å². The van der Waals surface area contributed by atoms with Crippen molar-refractivity contribution in [2.45, 2.75) is 16.7 Å². The molecular weight excluding hydrogens is 270 g/mol. The maximum atomic E-state index is 10.9. The topological polar surface area (TPSA) is 43.1 Å². The zero-order chi connectivity index (χ0) is 13.1. The molecule has 0 saturated carbocycles. The van der Waals surface area contributed by atoms with Crippen molar-refractivity contribution in [1.29, 1.82) is 0 Å². The zero-order valence-corrected chi connectivity index (χ0v) is 11.2. The fraction of sp³-hybridized carbons (Fsp3) is 0.0769. The minimum atomic E-state index is -0.380. The molecule has 0 amide bonds. The van der Waals surface area contributed by atoms with Gasteiger partial charge < -0.3 is 0 Å². The number of nitro groups is 1. The first-order valence-corrected chi connectivity index (χ1v) is 6.45. The van der Waals surface area contributed by atoms with E-state index in [2.05, 4.69) is 0 Å². The molecule has 0 aliphatic carbocycles. The van der Waals surface area contributed by atoms with Crippen LogP contribution in [0.15, 0.2) is 52.3 Å². The Morgan fingerprint density at radius 3 is 2.56 bits per heavy atom. The van der Waals surface area contributed by atoms with E-state index in [4.69, 9.17) is 11.6 Å². The highest BCUT2D eigenvalue weighted by molar-refractivity contribution is 7.99. The van der Waals surface area contributed by atoms with Crippen LogP contribution in [0.1, 0.15) is 5.56 Å². The second-order valence-electron chi connectivity index (χ2n) is 3.71. The quantitative estimate of drug-likeness (QED) is 0.604. The average Bonchev–Trinajstić information content (AvgIpc) is 2.34. The van der Waals surface area contributed by atoms with Crippen molar-refractivity contribution in [2.75, 3.05) is 0 Å². The first kappa shape index (κ1) is 12.9. The summed E-state index contributed by atoms with van der Waals surface area (Å²) in [7, 11) is 0. The van der Waals surface area contributed by atoms with Crippen molar-refractivity contribution in [3.05, 3.63) is 63.2 Å². The van der Waals surface area contributed by atoms with Gasteiger partial charge in [-0.05, 0) is 24.6 Å². The van der Waals surface area contributed by atoms with E-state index in [1.165, 1.54) is 17.8 Å². The van der Waals surface area contributed by atoms with Crippen LogP contribution in [0.25, 0.3) is 0 Å². The third-order valence-electron chi connectivity index (χ3n) is 2.44. The van der Waals surface area contributed by atoms with Crippen LogP contribution in [-0.4, -0.2) is 4.92 Å². The van der Waals surface area contributed by atoms with Gasteiger partial charge in [0.25, 0.3) is 5.69 Å². The van der Waals surface area contributed by atoms with Gasteiger partial charge in [-0.2, -0.15) is 0 Å². The second kappa shape index (κ2) is 5.42. The highest BCUT2D eigenvalue weighted by Gasteiger charge is 2.15. The van der Waals surface area contributed by atoms with Gasteiger partial charge in [0.1, 0.15) is 0 Å². The maximum Gasteiger partial charge on any atom is 0.283 e. The average molecular weight is 280 g/mol. The van der Waals surface area contributed by atoms with Crippen molar-refractivity contribution in [3.63, 3.8) is 0 Å². The fourth-order valence-electron chi connectivity index (χ4n) is 1.55. The number of hydrogen-bond donors (Lipinski definition) is 0. The van der Waals surface area contributed by atoms with Gasteiger partial charge in [-0.1, -0.05) is 47.6 Å². The van der Waals surface area contributed by atoms with Crippen LogP contribution in [0.2, 0.25) is 5.02 Å². The molecule has 0 bridgehead atoms. The first-order valence-electron chi connectivity index (χ1n) is 5.26. The number of halogens is 1. The second-order valence-corrected chi connectivity index (χ2v) is 5.17. The SMILES string of the molecule is Cc1cccc(Cl)c1Sc1ccccc1[N+](=O)[O-]. The Morgan fingerprint density at radius 1 is 1.17 bits per heavy atom. The number of nitrogens with zero attached hydrogens (tertiary/aromatic N) is 1. The highest BCUT2D eigenvalue weighted by atomic mass is 35.5. The van der Waals surface area contributed by atoms with Gasteiger partial charge in [0, 0.05) is 11.0 Å². The summed E-state index contributed by atoms with van der Waals surface area (Å²) < 4.78 is 0. The molecule has 0 fully saturated rings. The van der Waals surface area contributed by atoms with Gasteiger partial charge >= 0.3 is 0 Å². The van der Waals surface area contributed by atoms with E-state index in [9.17, 15) is 10.1 Å². The molecule has 0 atom stereocenters. The monoisotopic (exact) mass is 279 g/mol. The molecule has 2 aromatic carbocycles. The van der Waals surface area contributed by atoms with Crippen molar-refractivity contribution in [3.8, 4) is 0 Å².